The number of aliphatic hydroxyl groups excluding tert-OH is 1. The minimum absolute atomic E-state index is 0.0669. The molecule has 0 saturated heterocycles. The Hall–Kier alpha value is -2.21. The summed E-state index contributed by atoms with van der Waals surface area (Å²) in [7, 11) is 0. The van der Waals surface area contributed by atoms with E-state index in [1.807, 2.05) is 31.2 Å². The van der Waals surface area contributed by atoms with Gasteiger partial charge in [-0.25, -0.2) is 4.98 Å². The Labute approximate surface area is 123 Å². The highest BCUT2D eigenvalue weighted by Gasteiger charge is 2.11. The van der Waals surface area contributed by atoms with Crippen molar-refractivity contribution in [3.05, 3.63) is 48.0 Å². The van der Waals surface area contributed by atoms with Crippen LogP contribution >= 0.6 is 0 Å². The lowest BCUT2D eigenvalue weighted by molar-refractivity contribution is -0.121. The molecule has 21 heavy (non-hydrogen) atoms. The van der Waals surface area contributed by atoms with E-state index >= 15 is 0 Å². The molecule has 0 radical (unpaired) electrons. The second kappa shape index (κ2) is 7.54. The monoisotopic (exact) mass is 288 g/mol. The third-order valence-corrected chi connectivity index (χ3v) is 3.30. The van der Waals surface area contributed by atoms with Crippen molar-refractivity contribution in [1.82, 2.24) is 20.1 Å². The molecule has 2 N–H and O–H groups in total. The molecule has 2 aromatic rings. The topological polar surface area (TPSA) is 80.0 Å². The van der Waals surface area contributed by atoms with E-state index < -0.39 is 6.10 Å². The van der Waals surface area contributed by atoms with Crippen LogP contribution in [0, 0.1) is 6.92 Å². The summed E-state index contributed by atoms with van der Waals surface area (Å²) in [6.07, 6.45) is 3.51. The zero-order valence-electron chi connectivity index (χ0n) is 12.1. The number of benzene rings is 1. The van der Waals surface area contributed by atoms with Crippen molar-refractivity contribution in [2.75, 3.05) is 6.54 Å². The number of aliphatic hydroxyl groups is 1. The Morgan fingerprint density at radius 2 is 2.24 bits per heavy atom. The fraction of sp³-hybridized carbons (Fsp3) is 0.400. The molecular formula is C15H20N4O2. The lowest BCUT2D eigenvalue weighted by Crippen LogP contribution is -2.28. The van der Waals surface area contributed by atoms with Crippen molar-refractivity contribution in [2.24, 2.45) is 0 Å². The van der Waals surface area contributed by atoms with Crippen LogP contribution in [0.25, 0.3) is 0 Å². The molecule has 1 aromatic heterocycles. The molecule has 0 fully saturated rings. The third kappa shape index (κ3) is 4.68. The molecule has 1 unspecified atom stereocenters. The summed E-state index contributed by atoms with van der Waals surface area (Å²) in [5.41, 5.74) is 1.87. The SMILES string of the molecule is Cc1ccccc1C(O)CNC(=O)CCCn1cncn1. The zero-order valence-corrected chi connectivity index (χ0v) is 12.1. The average Bonchev–Trinajstić information content (AvgIpc) is 2.98. The molecular weight excluding hydrogens is 268 g/mol. The number of nitrogens with zero attached hydrogens (tertiary/aromatic N) is 3. The van der Waals surface area contributed by atoms with Crippen molar-refractivity contribution < 1.29 is 9.90 Å². The second-order valence-electron chi connectivity index (χ2n) is 4.94. The molecule has 0 aliphatic heterocycles. The Morgan fingerprint density at radius 3 is 2.95 bits per heavy atom. The maximum Gasteiger partial charge on any atom is 0.220 e. The minimum Gasteiger partial charge on any atom is -0.387 e. The molecule has 1 atom stereocenters. The normalized spacial score (nSPS) is 12.1. The van der Waals surface area contributed by atoms with Crippen LogP contribution in [0.4, 0.5) is 0 Å². The van der Waals surface area contributed by atoms with Crippen LogP contribution in [-0.2, 0) is 11.3 Å². The third-order valence-electron chi connectivity index (χ3n) is 3.30. The van der Waals surface area contributed by atoms with E-state index in [0.717, 1.165) is 11.1 Å². The van der Waals surface area contributed by atoms with Gasteiger partial charge in [0, 0.05) is 19.5 Å². The molecule has 1 amide bonds. The number of hydrogen-bond donors (Lipinski definition) is 2. The quantitative estimate of drug-likeness (QED) is 0.802. The summed E-state index contributed by atoms with van der Waals surface area (Å²) in [4.78, 5) is 15.6. The zero-order chi connectivity index (χ0) is 15.1. The number of amides is 1. The second-order valence-corrected chi connectivity index (χ2v) is 4.94. The standard InChI is InChI=1S/C15H20N4O2/c1-12-5-2-3-6-13(12)14(20)9-17-15(21)7-4-8-19-11-16-10-18-19/h2-3,5-6,10-11,14,20H,4,7-9H2,1H3,(H,17,21). The molecule has 1 heterocycles. The van der Waals surface area contributed by atoms with Gasteiger partial charge >= 0.3 is 0 Å². The van der Waals surface area contributed by atoms with Crippen LogP contribution < -0.4 is 5.32 Å². The molecule has 0 aliphatic carbocycles. The van der Waals surface area contributed by atoms with E-state index in [1.165, 1.54) is 6.33 Å². The smallest absolute Gasteiger partial charge is 0.220 e. The van der Waals surface area contributed by atoms with E-state index in [0.29, 0.717) is 19.4 Å². The van der Waals surface area contributed by atoms with Crippen LogP contribution in [-0.4, -0.2) is 32.3 Å². The van der Waals surface area contributed by atoms with E-state index in [-0.39, 0.29) is 12.5 Å². The molecule has 0 aliphatic rings. The van der Waals surface area contributed by atoms with Crippen molar-refractivity contribution in [3.63, 3.8) is 0 Å². The number of aryl methyl sites for hydroxylation is 2. The van der Waals surface area contributed by atoms with Gasteiger partial charge in [-0.2, -0.15) is 5.10 Å². The highest BCUT2D eigenvalue weighted by molar-refractivity contribution is 5.75. The number of carbonyl (C=O) groups excluding carboxylic acids is 1. The van der Waals surface area contributed by atoms with Crippen LogP contribution in [0.15, 0.2) is 36.9 Å². The minimum atomic E-state index is -0.675. The first-order valence-electron chi connectivity index (χ1n) is 6.99. The Balaban J connectivity index is 1.70. The highest BCUT2D eigenvalue weighted by atomic mass is 16.3. The lowest BCUT2D eigenvalue weighted by atomic mass is 10.0. The van der Waals surface area contributed by atoms with Crippen LogP contribution in [0.1, 0.15) is 30.1 Å². The van der Waals surface area contributed by atoms with E-state index in [9.17, 15) is 9.90 Å². The fourth-order valence-electron chi connectivity index (χ4n) is 2.12. The Bertz CT molecular complexity index is 569. The van der Waals surface area contributed by atoms with Gasteiger partial charge in [-0.3, -0.25) is 9.48 Å². The fourth-order valence-corrected chi connectivity index (χ4v) is 2.12. The van der Waals surface area contributed by atoms with Crippen molar-refractivity contribution in [1.29, 1.82) is 0 Å². The largest absolute Gasteiger partial charge is 0.387 e. The van der Waals surface area contributed by atoms with Crippen molar-refractivity contribution in [3.8, 4) is 0 Å². The summed E-state index contributed by atoms with van der Waals surface area (Å²) in [6.45, 7) is 2.83. The summed E-state index contributed by atoms with van der Waals surface area (Å²) in [5, 5.41) is 16.8. The number of nitrogens with one attached hydrogen (secondary N) is 1. The van der Waals surface area contributed by atoms with Crippen LogP contribution in [0.3, 0.4) is 0 Å². The summed E-state index contributed by atoms with van der Waals surface area (Å²) >= 11 is 0. The van der Waals surface area contributed by atoms with Gasteiger partial charge in [-0.1, -0.05) is 24.3 Å². The van der Waals surface area contributed by atoms with Gasteiger partial charge in [0.05, 0.1) is 6.10 Å². The predicted molar refractivity (Wildman–Crippen MR) is 78.4 cm³/mol. The number of rotatable bonds is 7. The summed E-state index contributed by atoms with van der Waals surface area (Å²) in [6, 6.07) is 7.62. The maximum absolute atomic E-state index is 11.7. The first kappa shape index (κ1) is 15.2. The predicted octanol–water partition coefficient (Wildman–Crippen LogP) is 1.22. The number of hydrogen-bond acceptors (Lipinski definition) is 4. The van der Waals surface area contributed by atoms with Gasteiger partial charge < -0.3 is 10.4 Å². The van der Waals surface area contributed by atoms with Gasteiger partial charge in [0.25, 0.3) is 0 Å². The molecule has 6 nitrogen and oxygen atoms in total. The molecule has 2 rings (SSSR count). The highest BCUT2D eigenvalue weighted by Crippen LogP contribution is 2.16. The molecule has 1 aromatic carbocycles. The number of carbonyl (C=O) groups is 1. The summed E-state index contributed by atoms with van der Waals surface area (Å²) < 4.78 is 1.69. The first-order chi connectivity index (χ1) is 10.2. The van der Waals surface area contributed by atoms with E-state index in [1.54, 1.807) is 11.0 Å². The molecule has 0 saturated carbocycles. The van der Waals surface area contributed by atoms with Gasteiger partial charge in [0.2, 0.25) is 5.91 Å². The van der Waals surface area contributed by atoms with Crippen LogP contribution in [0.5, 0.6) is 0 Å². The first-order valence-corrected chi connectivity index (χ1v) is 6.99. The average molecular weight is 288 g/mol. The van der Waals surface area contributed by atoms with Gasteiger partial charge in [0.15, 0.2) is 0 Å². The number of aromatic nitrogens is 3. The molecule has 112 valence electrons. The Kier molecular flexibility index (Phi) is 5.45. The van der Waals surface area contributed by atoms with Crippen LogP contribution in [0.2, 0.25) is 0 Å². The molecule has 0 spiro atoms. The van der Waals surface area contributed by atoms with Gasteiger partial charge in [-0.05, 0) is 24.5 Å². The lowest BCUT2D eigenvalue weighted by Gasteiger charge is -2.14. The van der Waals surface area contributed by atoms with Gasteiger partial charge in [0.1, 0.15) is 12.7 Å². The summed E-state index contributed by atoms with van der Waals surface area (Å²) in [5.74, 6) is -0.0669. The Morgan fingerprint density at radius 1 is 1.43 bits per heavy atom. The van der Waals surface area contributed by atoms with E-state index in [2.05, 4.69) is 15.4 Å². The van der Waals surface area contributed by atoms with Crippen molar-refractivity contribution >= 4 is 5.91 Å². The van der Waals surface area contributed by atoms with Crippen molar-refractivity contribution in [2.45, 2.75) is 32.4 Å². The van der Waals surface area contributed by atoms with Gasteiger partial charge in [-0.15, -0.1) is 0 Å². The van der Waals surface area contributed by atoms with E-state index in [4.69, 9.17) is 0 Å². The molecule has 0 bridgehead atoms. The molecule has 6 heteroatoms. The maximum atomic E-state index is 11.7.